The highest BCUT2D eigenvalue weighted by Gasteiger charge is 2.32. The maximum Gasteiger partial charge on any atom is 0.245 e. The number of piperidine rings is 1. The minimum absolute atomic E-state index is 0.0229. The number of rotatable bonds is 6. The molecule has 124 valence electrons. The molecule has 0 aromatic carbocycles. The van der Waals surface area contributed by atoms with Crippen LogP contribution in [-0.2, 0) is 17.7 Å². The van der Waals surface area contributed by atoms with Crippen LogP contribution in [0.25, 0.3) is 0 Å². The first-order valence-electron chi connectivity index (χ1n) is 8.09. The van der Waals surface area contributed by atoms with Crippen LogP contribution < -0.4 is 4.90 Å². The van der Waals surface area contributed by atoms with Gasteiger partial charge < -0.3 is 9.64 Å². The van der Waals surface area contributed by atoms with E-state index in [1.807, 2.05) is 24.0 Å². The summed E-state index contributed by atoms with van der Waals surface area (Å²) in [5, 5.41) is 12.2. The molecule has 0 bridgehead atoms. The van der Waals surface area contributed by atoms with Gasteiger partial charge in [0.25, 0.3) is 0 Å². The third kappa shape index (κ3) is 3.82. The Labute approximate surface area is 135 Å². The summed E-state index contributed by atoms with van der Waals surface area (Å²) in [4.78, 5) is 10.3. The first kappa shape index (κ1) is 15.8. The van der Waals surface area contributed by atoms with Crippen molar-refractivity contribution in [2.75, 3.05) is 24.6 Å². The van der Waals surface area contributed by atoms with Gasteiger partial charge in [0.2, 0.25) is 5.95 Å². The lowest BCUT2D eigenvalue weighted by atomic mass is 9.93. The van der Waals surface area contributed by atoms with Gasteiger partial charge in [-0.3, -0.25) is 0 Å². The Bertz CT molecular complexity index is 607. The van der Waals surface area contributed by atoms with Crippen molar-refractivity contribution in [2.45, 2.75) is 45.3 Å². The molecule has 1 aliphatic heterocycles. The fourth-order valence-corrected chi connectivity index (χ4v) is 2.94. The summed E-state index contributed by atoms with van der Waals surface area (Å²) in [5.74, 6) is 0.834. The quantitative estimate of drug-likeness (QED) is 0.789. The van der Waals surface area contributed by atoms with Crippen molar-refractivity contribution in [2.24, 2.45) is 0 Å². The Balaban J connectivity index is 1.61. The summed E-state index contributed by atoms with van der Waals surface area (Å²) in [7, 11) is 0. The second kappa shape index (κ2) is 6.99. The van der Waals surface area contributed by atoms with Crippen LogP contribution in [-0.4, -0.2) is 55.5 Å². The van der Waals surface area contributed by atoms with Crippen molar-refractivity contribution in [3.05, 3.63) is 24.3 Å². The lowest BCUT2D eigenvalue weighted by Crippen LogP contribution is -2.45. The summed E-state index contributed by atoms with van der Waals surface area (Å²) < 4.78 is 7.73. The Kier molecular flexibility index (Phi) is 4.80. The van der Waals surface area contributed by atoms with Gasteiger partial charge in [0.15, 0.2) is 0 Å². The summed E-state index contributed by atoms with van der Waals surface area (Å²) in [6.07, 6.45) is 7.97. The number of tetrazole rings is 1. The van der Waals surface area contributed by atoms with E-state index >= 15 is 0 Å². The van der Waals surface area contributed by atoms with Gasteiger partial charge >= 0.3 is 0 Å². The molecule has 1 aliphatic rings. The van der Waals surface area contributed by atoms with E-state index in [-0.39, 0.29) is 5.60 Å². The van der Waals surface area contributed by atoms with Crippen molar-refractivity contribution in [1.82, 2.24) is 30.2 Å². The number of aryl methyl sites for hydroxylation is 2. The monoisotopic (exact) mass is 317 g/mol. The van der Waals surface area contributed by atoms with E-state index in [1.165, 1.54) is 6.33 Å². The standard InChI is InChI=1S/C15H23N7O/c1-3-23-15(2)5-8-21(9-6-15)14-18-19-20-22(14)7-4-13-10-16-12-17-11-13/h10-12H,3-9H2,1-2H3. The summed E-state index contributed by atoms with van der Waals surface area (Å²) in [5.41, 5.74) is 1.06. The smallest absolute Gasteiger partial charge is 0.245 e. The molecule has 0 N–H and O–H groups in total. The molecule has 0 saturated carbocycles. The summed E-state index contributed by atoms with van der Waals surface area (Å²) in [6.45, 7) is 7.52. The van der Waals surface area contributed by atoms with Crippen molar-refractivity contribution >= 4 is 5.95 Å². The lowest BCUT2D eigenvalue weighted by molar-refractivity contribution is -0.0415. The fourth-order valence-electron chi connectivity index (χ4n) is 2.94. The summed E-state index contributed by atoms with van der Waals surface area (Å²) in [6, 6.07) is 0. The van der Waals surface area contributed by atoms with E-state index in [0.717, 1.165) is 57.0 Å². The van der Waals surface area contributed by atoms with Gasteiger partial charge in [-0.25, -0.2) is 14.6 Å². The van der Waals surface area contributed by atoms with Crippen LogP contribution in [0.15, 0.2) is 18.7 Å². The number of nitrogens with zero attached hydrogens (tertiary/aromatic N) is 7. The molecular formula is C15H23N7O. The minimum atomic E-state index is -0.0229. The highest BCUT2D eigenvalue weighted by Crippen LogP contribution is 2.27. The molecule has 8 heteroatoms. The molecule has 8 nitrogen and oxygen atoms in total. The Morgan fingerprint density at radius 3 is 2.65 bits per heavy atom. The molecule has 1 fully saturated rings. The van der Waals surface area contributed by atoms with Crippen molar-refractivity contribution in [3.63, 3.8) is 0 Å². The fraction of sp³-hybridized carbons (Fsp3) is 0.667. The predicted octanol–water partition coefficient (Wildman–Crippen LogP) is 1.10. The van der Waals surface area contributed by atoms with E-state index in [0.29, 0.717) is 0 Å². The molecule has 2 aromatic heterocycles. The average molecular weight is 317 g/mol. The van der Waals surface area contributed by atoms with Crippen LogP contribution in [0.4, 0.5) is 5.95 Å². The zero-order chi connectivity index (χ0) is 16.1. The Hall–Kier alpha value is -2.09. The number of ether oxygens (including phenoxy) is 1. The average Bonchev–Trinajstić information content (AvgIpc) is 3.03. The van der Waals surface area contributed by atoms with Crippen molar-refractivity contribution < 1.29 is 4.74 Å². The molecule has 0 amide bonds. The third-order valence-electron chi connectivity index (χ3n) is 4.34. The maximum atomic E-state index is 5.87. The van der Waals surface area contributed by atoms with Crippen LogP contribution in [0.2, 0.25) is 0 Å². The zero-order valence-corrected chi connectivity index (χ0v) is 13.7. The van der Waals surface area contributed by atoms with Crippen LogP contribution in [0.3, 0.4) is 0 Å². The third-order valence-corrected chi connectivity index (χ3v) is 4.34. The normalized spacial score (nSPS) is 17.4. The maximum absolute atomic E-state index is 5.87. The van der Waals surface area contributed by atoms with Gasteiger partial charge in [0.05, 0.1) is 12.1 Å². The van der Waals surface area contributed by atoms with Crippen LogP contribution >= 0.6 is 0 Å². The van der Waals surface area contributed by atoms with Crippen LogP contribution in [0, 0.1) is 0 Å². The highest BCUT2D eigenvalue weighted by atomic mass is 16.5. The molecular weight excluding hydrogens is 294 g/mol. The first-order chi connectivity index (χ1) is 11.2. The van der Waals surface area contributed by atoms with E-state index in [1.54, 1.807) is 0 Å². The molecule has 2 aromatic rings. The van der Waals surface area contributed by atoms with Crippen LogP contribution in [0.5, 0.6) is 0 Å². The Morgan fingerprint density at radius 2 is 1.96 bits per heavy atom. The number of aromatic nitrogens is 6. The van der Waals surface area contributed by atoms with Crippen molar-refractivity contribution in [1.29, 1.82) is 0 Å². The van der Waals surface area contributed by atoms with Crippen LogP contribution in [0.1, 0.15) is 32.3 Å². The molecule has 0 atom stereocenters. The lowest BCUT2D eigenvalue weighted by Gasteiger charge is -2.39. The molecule has 3 rings (SSSR count). The molecule has 23 heavy (non-hydrogen) atoms. The predicted molar refractivity (Wildman–Crippen MR) is 85.0 cm³/mol. The molecule has 0 unspecified atom stereocenters. The van der Waals surface area contributed by atoms with Gasteiger partial charge in [-0.2, -0.15) is 0 Å². The van der Waals surface area contributed by atoms with E-state index in [2.05, 4.69) is 37.3 Å². The second-order valence-corrected chi connectivity index (χ2v) is 6.07. The SMILES string of the molecule is CCOC1(C)CCN(c2nnnn2CCc2cncnc2)CC1. The van der Waals surface area contributed by atoms with Gasteiger partial charge in [-0.1, -0.05) is 5.10 Å². The Morgan fingerprint density at radius 1 is 1.22 bits per heavy atom. The highest BCUT2D eigenvalue weighted by molar-refractivity contribution is 5.29. The number of hydrogen-bond donors (Lipinski definition) is 0. The van der Waals surface area contributed by atoms with E-state index in [9.17, 15) is 0 Å². The van der Waals surface area contributed by atoms with Gasteiger partial charge in [0, 0.05) is 32.1 Å². The largest absolute Gasteiger partial charge is 0.375 e. The molecule has 3 heterocycles. The van der Waals surface area contributed by atoms with Crippen molar-refractivity contribution in [3.8, 4) is 0 Å². The summed E-state index contributed by atoms with van der Waals surface area (Å²) >= 11 is 0. The number of anilines is 1. The molecule has 0 aliphatic carbocycles. The van der Waals surface area contributed by atoms with E-state index in [4.69, 9.17) is 4.74 Å². The molecule has 0 radical (unpaired) electrons. The molecule has 1 saturated heterocycles. The second-order valence-electron chi connectivity index (χ2n) is 6.07. The number of hydrogen-bond acceptors (Lipinski definition) is 7. The minimum Gasteiger partial charge on any atom is -0.375 e. The topological polar surface area (TPSA) is 81.9 Å². The first-order valence-corrected chi connectivity index (χ1v) is 8.09. The van der Waals surface area contributed by atoms with Gasteiger partial charge in [-0.15, -0.1) is 0 Å². The van der Waals surface area contributed by atoms with E-state index < -0.39 is 0 Å². The van der Waals surface area contributed by atoms with Gasteiger partial charge in [-0.05, 0) is 49.1 Å². The van der Waals surface area contributed by atoms with Gasteiger partial charge in [0.1, 0.15) is 6.33 Å². The zero-order valence-electron chi connectivity index (χ0n) is 13.7. The molecule has 0 spiro atoms.